The Labute approximate surface area is 194 Å². The molecule has 2 atom stereocenters. The maximum absolute atomic E-state index is 12.5. The zero-order valence-corrected chi connectivity index (χ0v) is 19.5. The summed E-state index contributed by atoms with van der Waals surface area (Å²) in [6, 6.07) is 17.2. The molecule has 2 unspecified atom stereocenters. The highest BCUT2D eigenvalue weighted by atomic mass is 16.2. The minimum absolute atomic E-state index is 0.0679. The molecule has 1 aromatic heterocycles. The molecule has 168 valence electrons. The van der Waals surface area contributed by atoms with Crippen molar-refractivity contribution in [2.75, 3.05) is 5.32 Å². The lowest BCUT2D eigenvalue weighted by atomic mass is 9.96. The molecule has 4 rings (SSSR count). The van der Waals surface area contributed by atoms with Crippen LogP contribution in [0.15, 0.2) is 60.7 Å². The molecule has 0 saturated heterocycles. The summed E-state index contributed by atoms with van der Waals surface area (Å²) in [5.74, 6) is 0.691. The van der Waals surface area contributed by atoms with Gasteiger partial charge >= 0.3 is 6.03 Å². The molecule has 2 N–H and O–H groups in total. The molecule has 0 fully saturated rings. The van der Waals surface area contributed by atoms with Crippen molar-refractivity contribution in [1.29, 1.82) is 5.26 Å². The van der Waals surface area contributed by atoms with Crippen LogP contribution in [0.25, 0.3) is 5.69 Å². The standard InChI is InChI=1S/C27H29N5O/c1-17(2)21-9-12-25(13-10-21)32-19(4)26(18(3)31-32)22-8-11-24(15-22)30-27(33)29-23-7-5-6-20(14-23)16-28/h5-14,17,22,24H,15H2,1-4H3,(H2,29,30,33). The largest absolute Gasteiger partial charge is 0.332 e. The number of hydrogen-bond donors (Lipinski definition) is 2. The van der Waals surface area contributed by atoms with Gasteiger partial charge in [0, 0.05) is 28.9 Å². The van der Waals surface area contributed by atoms with E-state index in [0.29, 0.717) is 17.2 Å². The molecule has 33 heavy (non-hydrogen) atoms. The fourth-order valence-electron chi connectivity index (χ4n) is 4.47. The van der Waals surface area contributed by atoms with Crippen LogP contribution in [0.3, 0.4) is 0 Å². The van der Waals surface area contributed by atoms with Crippen LogP contribution in [0, 0.1) is 25.2 Å². The van der Waals surface area contributed by atoms with Gasteiger partial charge in [-0.1, -0.05) is 44.2 Å². The van der Waals surface area contributed by atoms with Crippen LogP contribution in [0.4, 0.5) is 10.5 Å². The fraction of sp³-hybridized carbons (Fsp3) is 0.296. The molecule has 6 nitrogen and oxygen atoms in total. The first-order chi connectivity index (χ1) is 15.9. The van der Waals surface area contributed by atoms with Crippen molar-refractivity contribution in [3.63, 3.8) is 0 Å². The van der Waals surface area contributed by atoms with Crippen molar-refractivity contribution in [3.05, 3.63) is 88.8 Å². The van der Waals surface area contributed by atoms with Crippen molar-refractivity contribution in [1.82, 2.24) is 15.1 Å². The number of nitrogens with one attached hydrogen (secondary N) is 2. The number of rotatable bonds is 5. The van der Waals surface area contributed by atoms with E-state index in [9.17, 15) is 4.79 Å². The molecule has 0 saturated carbocycles. The van der Waals surface area contributed by atoms with Crippen LogP contribution in [0.1, 0.15) is 60.2 Å². The molecular formula is C27H29N5O. The summed E-state index contributed by atoms with van der Waals surface area (Å²) in [5, 5.41) is 19.7. The average Bonchev–Trinajstić information content (AvgIpc) is 3.36. The second kappa shape index (κ2) is 9.33. The van der Waals surface area contributed by atoms with Crippen LogP contribution in [0.2, 0.25) is 0 Å². The number of nitrogens with zero attached hydrogens (tertiary/aromatic N) is 3. The Bertz CT molecular complexity index is 1230. The summed E-state index contributed by atoms with van der Waals surface area (Å²) < 4.78 is 2.01. The maximum Gasteiger partial charge on any atom is 0.319 e. The zero-order chi connectivity index (χ0) is 23.5. The third-order valence-corrected chi connectivity index (χ3v) is 6.17. The Morgan fingerprint density at radius 3 is 2.61 bits per heavy atom. The van der Waals surface area contributed by atoms with Crippen molar-refractivity contribution < 1.29 is 4.79 Å². The van der Waals surface area contributed by atoms with Crippen LogP contribution in [-0.2, 0) is 0 Å². The SMILES string of the molecule is Cc1nn(-c2ccc(C(C)C)cc2)c(C)c1C1C=CC(NC(=O)Nc2cccc(C#N)c2)C1. The number of aryl methyl sites for hydroxylation is 1. The zero-order valence-electron chi connectivity index (χ0n) is 19.5. The summed E-state index contributed by atoms with van der Waals surface area (Å²) in [7, 11) is 0. The topological polar surface area (TPSA) is 82.7 Å². The predicted molar refractivity (Wildman–Crippen MR) is 131 cm³/mol. The maximum atomic E-state index is 12.5. The van der Waals surface area contributed by atoms with Gasteiger partial charge < -0.3 is 10.6 Å². The van der Waals surface area contributed by atoms with E-state index in [-0.39, 0.29) is 18.0 Å². The van der Waals surface area contributed by atoms with Gasteiger partial charge in [0.05, 0.1) is 23.0 Å². The van der Waals surface area contributed by atoms with Gasteiger partial charge in [0.15, 0.2) is 0 Å². The highest BCUT2D eigenvalue weighted by Gasteiger charge is 2.27. The van der Waals surface area contributed by atoms with Gasteiger partial charge in [-0.25, -0.2) is 9.48 Å². The van der Waals surface area contributed by atoms with E-state index < -0.39 is 0 Å². The number of urea groups is 1. The Morgan fingerprint density at radius 2 is 1.91 bits per heavy atom. The first-order valence-corrected chi connectivity index (χ1v) is 11.3. The van der Waals surface area contributed by atoms with E-state index in [4.69, 9.17) is 10.4 Å². The normalized spacial score (nSPS) is 17.2. The number of nitriles is 1. The predicted octanol–water partition coefficient (Wildman–Crippen LogP) is 5.72. The molecule has 2 amide bonds. The van der Waals surface area contributed by atoms with Gasteiger partial charge in [-0.05, 0) is 62.1 Å². The molecule has 1 heterocycles. The van der Waals surface area contributed by atoms with Gasteiger partial charge in [-0.2, -0.15) is 10.4 Å². The van der Waals surface area contributed by atoms with Crippen molar-refractivity contribution in [2.24, 2.45) is 0 Å². The second-order valence-electron chi connectivity index (χ2n) is 8.87. The summed E-state index contributed by atoms with van der Waals surface area (Å²) in [5.41, 5.74) is 6.82. The lowest BCUT2D eigenvalue weighted by Gasteiger charge is -2.15. The number of benzene rings is 2. The van der Waals surface area contributed by atoms with Gasteiger partial charge in [-0.15, -0.1) is 0 Å². The lowest BCUT2D eigenvalue weighted by Crippen LogP contribution is -2.36. The minimum atomic E-state index is -0.283. The molecule has 2 aromatic carbocycles. The number of aromatic nitrogens is 2. The fourth-order valence-corrected chi connectivity index (χ4v) is 4.47. The smallest absolute Gasteiger partial charge is 0.319 e. The van der Waals surface area contributed by atoms with Crippen LogP contribution in [0.5, 0.6) is 0 Å². The Morgan fingerprint density at radius 1 is 1.15 bits per heavy atom. The summed E-state index contributed by atoms with van der Waals surface area (Å²) in [4.78, 5) is 12.5. The first-order valence-electron chi connectivity index (χ1n) is 11.3. The number of carbonyl (C=O) groups excluding carboxylic acids is 1. The number of allylic oxidation sites excluding steroid dienone is 1. The monoisotopic (exact) mass is 439 g/mol. The van der Waals surface area contributed by atoms with Gasteiger partial charge in [0.1, 0.15) is 0 Å². The summed E-state index contributed by atoms with van der Waals surface area (Å²) in [6.45, 7) is 8.54. The van der Waals surface area contributed by atoms with Crippen LogP contribution < -0.4 is 10.6 Å². The van der Waals surface area contributed by atoms with E-state index in [1.165, 1.54) is 11.1 Å². The van der Waals surface area contributed by atoms with E-state index in [0.717, 1.165) is 23.5 Å². The second-order valence-corrected chi connectivity index (χ2v) is 8.87. The number of amides is 2. The molecule has 0 spiro atoms. The minimum Gasteiger partial charge on any atom is -0.332 e. The van der Waals surface area contributed by atoms with Gasteiger partial charge in [-0.3, -0.25) is 0 Å². The van der Waals surface area contributed by atoms with E-state index in [1.54, 1.807) is 24.3 Å². The molecule has 1 aliphatic carbocycles. The molecular weight excluding hydrogens is 410 g/mol. The van der Waals surface area contributed by atoms with Gasteiger partial charge in [0.25, 0.3) is 0 Å². The quantitative estimate of drug-likeness (QED) is 0.499. The molecule has 3 aromatic rings. The number of anilines is 1. The Balaban J connectivity index is 1.43. The Kier molecular flexibility index (Phi) is 6.32. The summed E-state index contributed by atoms with van der Waals surface area (Å²) in [6.07, 6.45) is 4.99. The number of carbonyl (C=O) groups is 1. The average molecular weight is 440 g/mol. The summed E-state index contributed by atoms with van der Waals surface area (Å²) >= 11 is 0. The lowest BCUT2D eigenvalue weighted by molar-refractivity contribution is 0.250. The highest BCUT2D eigenvalue weighted by Crippen LogP contribution is 2.34. The van der Waals surface area contributed by atoms with E-state index in [2.05, 4.69) is 67.8 Å². The third kappa shape index (κ3) is 4.83. The van der Waals surface area contributed by atoms with E-state index >= 15 is 0 Å². The molecule has 6 heteroatoms. The molecule has 0 radical (unpaired) electrons. The third-order valence-electron chi connectivity index (χ3n) is 6.17. The van der Waals surface area contributed by atoms with Crippen LogP contribution >= 0.6 is 0 Å². The Hall–Kier alpha value is -3.85. The van der Waals surface area contributed by atoms with Crippen molar-refractivity contribution >= 4 is 11.7 Å². The van der Waals surface area contributed by atoms with Gasteiger partial charge in [0.2, 0.25) is 0 Å². The molecule has 1 aliphatic rings. The van der Waals surface area contributed by atoms with Crippen molar-refractivity contribution in [3.8, 4) is 11.8 Å². The molecule has 0 bridgehead atoms. The van der Waals surface area contributed by atoms with Crippen LogP contribution in [-0.4, -0.2) is 21.9 Å². The van der Waals surface area contributed by atoms with Crippen molar-refractivity contribution in [2.45, 2.75) is 52.0 Å². The number of hydrogen-bond acceptors (Lipinski definition) is 3. The molecule has 0 aliphatic heterocycles. The van der Waals surface area contributed by atoms with E-state index in [1.807, 2.05) is 17.7 Å². The highest BCUT2D eigenvalue weighted by molar-refractivity contribution is 5.89. The first kappa shape index (κ1) is 22.3.